The molecule has 0 fully saturated rings. The van der Waals surface area contributed by atoms with Crippen LogP contribution in [0.5, 0.6) is 0 Å². The molecule has 24 heavy (non-hydrogen) atoms. The first kappa shape index (κ1) is 17.1. The Labute approximate surface area is 153 Å². The van der Waals surface area contributed by atoms with Crippen LogP contribution in [0.15, 0.2) is 38.9 Å². The molecule has 0 unspecified atom stereocenters. The van der Waals surface area contributed by atoms with Crippen molar-refractivity contribution in [1.29, 1.82) is 0 Å². The van der Waals surface area contributed by atoms with E-state index in [2.05, 4.69) is 15.3 Å². The highest BCUT2D eigenvalue weighted by Crippen LogP contribution is 2.31. The van der Waals surface area contributed by atoms with Crippen molar-refractivity contribution in [2.24, 2.45) is 0 Å². The van der Waals surface area contributed by atoms with Gasteiger partial charge in [-0.2, -0.15) is 0 Å². The summed E-state index contributed by atoms with van der Waals surface area (Å²) in [4.78, 5) is 23.0. The summed E-state index contributed by atoms with van der Waals surface area (Å²) in [6.45, 7) is 5.91. The summed E-state index contributed by atoms with van der Waals surface area (Å²) in [6.07, 6.45) is 0.848. The van der Waals surface area contributed by atoms with Crippen LogP contribution in [0.2, 0.25) is 0 Å². The molecule has 0 spiro atoms. The lowest BCUT2D eigenvalue weighted by Crippen LogP contribution is -2.11. The number of aryl methyl sites for hydroxylation is 3. The molecule has 0 saturated carbocycles. The standard InChI is InChI=1S/C17H17N3OS3/c1-4-14-19-11(3)15(24-14)16(21)20-12-5-7-13(8-6-12)23-17-18-10(2)9-22-17/h5-9H,4H2,1-3H3,(H,20,21). The van der Waals surface area contributed by atoms with Crippen molar-refractivity contribution in [3.05, 3.63) is 50.9 Å². The van der Waals surface area contributed by atoms with E-state index >= 15 is 0 Å². The molecule has 1 amide bonds. The van der Waals surface area contributed by atoms with Crippen molar-refractivity contribution in [3.63, 3.8) is 0 Å². The molecule has 2 heterocycles. The molecular formula is C17H17N3OS3. The predicted octanol–water partition coefficient (Wildman–Crippen LogP) is 5.18. The van der Waals surface area contributed by atoms with Crippen LogP contribution in [0.1, 0.15) is 33.0 Å². The third-order valence-electron chi connectivity index (χ3n) is 3.26. The zero-order valence-electron chi connectivity index (χ0n) is 13.6. The van der Waals surface area contributed by atoms with E-state index in [-0.39, 0.29) is 5.91 Å². The second-order valence-corrected chi connectivity index (χ2v) is 8.47. The van der Waals surface area contributed by atoms with Gasteiger partial charge in [-0.05, 0) is 44.5 Å². The highest BCUT2D eigenvalue weighted by Gasteiger charge is 2.14. The van der Waals surface area contributed by atoms with Crippen molar-refractivity contribution in [3.8, 4) is 0 Å². The van der Waals surface area contributed by atoms with Gasteiger partial charge in [0, 0.05) is 21.7 Å². The number of benzene rings is 1. The van der Waals surface area contributed by atoms with Gasteiger partial charge in [-0.15, -0.1) is 22.7 Å². The summed E-state index contributed by atoms with van der Waals surface area (Å²) in [5.41, 5.74) is 2.61. The fourth-order valence-electron chi connectivity index (χ4n) is 2.09. The van der Waals surface area contributed by atoms with Gasteiger partial charge >= 0.3 is 0 Å². The topological polar surface area (TPSA) is 54.9 Å². The molecule has 4 nitrogen and oxygen atoms in total. The van der Waals surface area contributed by atoms with Crippen LogP contribution in [0.3, 0.4) is 0 Å². The average molecular weight is 376 g/mol. The molecule has 1 N–H and O–H groups in total. The Hall–Kier alpha value is -1.70. The van der Waals surface area contributed by atoms with E-state index in [0.717, 1.165) is 37.7 Å². The fourth-order valence-corrected chi connectivity index (χ4v) is 4.80. The van der Waals surface area contributed by atoms with Gasteiger partial charge in [0.25, 0.3) is 5.91 Å². The normalized spacial score (nSPS) is 10.8. The smallest absolute Gasteiger partial charge is 0.267 e. The minimum Gasteiger partial charge on any atom is -0.321 e. The maximum absolute atomic E-state index is 12.4. The molecule has 3 rings (SSSR count). The highest BCUT2D eigenvalue weighted by molar-refractivity contribution is 8.01. The zero-order chi connectivity index (χ0) is 17.1. The number of carbonyl (C=O) groups is 1. The zero-order valence-corrected chi connectivity index (χ0v) is 16.1. The molecule has 0 bridgehead atoms. The number of carbonyl (C=O) groups excluding carboxylic acids is 1. The van der Waals surface area contributed by atoms with E-state index in [1.54, 1.807) is 23.1 Å². The van der Waals surface area contributed by atoms with Crippen LogP contribution in [-0.4, -0.2) is 15.9 Å². The lowest BCUT2D eigenvalue weighted by Gasteiger charge is -2.05. The molecule has 124 valence electrons. The summed E-state index contributed by atoms with van der Waals surface area (Å²) in [7, 11) is 0. The average Bonchev–Trinajstić information content (AvgIpc) is 3.14. The van der Waals surface area contributed by atoms with E-state index in [0.29, 0.717) is 4.88 Å². The van der Waals surface area contributed by atoms with E-state index in [1.165, 1.54) is 11.3 Å². The largest absolute Gasteiger partial charge is 0.321 e. The number of hydrogen-bond donors (Lipinski definition) is 1. The minimum atomic E-state index is -0.0966. The van der Waals surface area contributed by atoms with E-state index in [1.807, 2.05) is 50.4 Å². The Balaban J connectivity index is 1.67. The molecule has 2 aromatic heterocycles. The molecule has 3 aromatic rings. The second kappa shape index (κ2) is 7.46. The Morgan fingerprint density at radius 3 is 2.54 bits per heavy atom. The van der Waals surface area contributed by atoms with Gasteiger partial charge in [0.05, 0.1) is 10.7 Å². The van der Waals surface area contributed by atoms with Crippen LogP contribution in [0.4, 0.5) is 5.69 Å². The van der Waals surface area contributed by atoms with Crippen LogP contribution in [0.25, 0.3) is 0 Å². The molecule has 0 radical (unpaired) electrons. The number of aromatic nitrogens is 2. The maximum atomic E-state index is 12.4. The Bertz CT molecular complexity index is 852. The number of rotatable bonds is 5. The first-order chi connectivity index (χ1) is 11.5. The number of nitrogens with one attached hydrogen (secondary N) is 1. The van der Waals surface area contributed by atoms with Gasteiger partial charge in [-0.1, -0.05) is 18.7 Å². The maximum Gasteiger partial charge on any atom is 0.267 e. The highest BCUT2D eigenvalue weighted by atomic mass is 32.2. The summed E-state index contributed by atoms with van der Waals surface area (Å²) in [5, 5.41) is 5.97. The van der Waals surface area contributed by atoms with Crippen molar-refractivity contribution < 1.29 is 4.79 Å². The summed E-state index contributed by atoms with van der Waals surface area (Å²) >= 11 is 4.73. The molecule has 0 aliphatic carbocycles. The van der Waals surface area contributed by atoms with Gasteiger partial charge < -0.3 is 5.32 Å². The van der Waals surface area contributed by atoms with Gasteiger partial charge in [0.15, 0.2) is 4.34 Å². The van der Waals surface area contributed by atoms with E-state index in [4.69, 9.17) is 0 Å². The molecule has 0 saturated heterocycles. The first-order valence-corrected chi connectivity index (χ1v) is 10.0. The summed E-state index contributed by atoms with van der Waals surface area (Å²) < 4.78 is 1.02. The van der Waals surface area contributed by atoms with Crippen LogP contribution in [-0.2, 0) is 6.42 Å². The monoisotopic (exact) mass is 375 g/mol. The van der Waals surface area contributed by atoms with Crippen molar-refractivity contribution in [2.75, 3.05) is 5.32 Å². The quantitative estimate of drug-likeness (QED) is 0.667. The number of thiazole rings is 2. The molecular weight excluding hydrogens is 358 g/mol. The van der Waals surface area contributed by atoms with Gasteiger partial charge in [-0.25, -0.2) is 9.97 Å². The first-order valence-electron chi connectivity index (χ1n) is 7.53. The molecule has 0 atom stereocenters. The van der Waals surface area contributed by atoms with Gasteiger partial charge in [0.2, 0.25) is 0 Å². The summed E-state index contributed by atoms with van der Waals surface area (Å²) in [5.74, 6) is -0.0966. The lowest BCUT2D eigenvalue weighted by atomic mass is 10.3. The summed E-state index contributed by atoms with van der Waals surface area (Å²) in [6, 6.07) is 7.82. The predicted molar refractivity (Wildman–Crippen MR) is 102 cm³/mol. The van der Waals surface area contributed by atoms with E-state index < -0.39 is 0 Å². The molecule has 0 aliphatic rings. The SMILES string of the molecule is CCc1nc(C)c(C(=O)Nc2ccc(Sc3nc(C)cs3)cc2)s1. The minimum absolute atomic E-state index is 0.0966. The van der Waals surface area contributed by atoms with Gasteiger partial charge in [-0.3, -0.25) is 4.79 Å². The van der Waals surface area contributed by atoms with Crippen LogP contribution >= 0.6 is 34.4 Å². The number of anilines is 1. The fraction of sp³-hybridized carbons (Fsp3) is 0.235. The lowest BCUT2D eigenvalue weighted by molar-refractivity contribution is 0.103. The van der Waals surface area contributed by atoms with Gasteiger partial charge in [0.1, 0.15) is 4.88 Å². The third-order valence-corrected chi connectivity index (χ3v) is 6.63. The molecule has 0 aliphatic heterocycles. The van der Waals surface area contributed by atoms with Crippen LogP contribution < -0.4 is 5.32 Å². The van der Waals surface area contributed by atoms with Crippen molar-refractivity contribution in [2.45, 2.75) is 36.4 Å². The Kier molecular flexibility index (Phi) is 5.33. The Morgan fingerprint density at radius 2 is 1.96 bits per heavy atom. The molecule has 1 aromatic carbocycles. The van der Waals surface area contributed by atoms with E-state index in [9.17, 15) is 4.79 Å². The third kappa shape index (κ3) is 4.03. The van der Waals surface area contributed by atoms with Crippen molar-refractivity contribution in [1.82, 2.24) is 9.97 Å². The molecule has 7 heteroatoms. The number of hydrogen-bond acceptors (Lipinski definition) is 6. The second-order valence-electron chi connectivity index (χ2n) is 5.21. The van der Waals surface area contributed by atoms with Crippen molar-refractivity contribution >= 4 is 46.0 Å². The Morgan fingerprint density at radius 1 is 1.21 bits per heavy atom. The number of amides is 1. The van der Waals surface area contributed by atoms with Crippen LogP contribution in [0, 0.1) is 13.8 Å². The number of nitrogens with zero attached hydrogens (tertiary/aromatic N) is 2.